The van der Waals surface area contributed by atoms with Crippen LogP contribution in [0.25, 0.3) is 0 Å². The minimum absolute atomic E-state index is 0.153. The van der Waals surface area contributed by atoms with Crippen LogP contribution < -0.4 is 0 Å². The number of nitro benzene ring substituents is 1. The normalized spacial score (nSPS) is 13.6. The summed E-state index contributed by atoms with van der Waals surface area (Å²) in [6.45, 7) is 0.795. The Hall–Kier alpha value is -2.45. The molecule has 0 radical (unpaired) electrons. The van der Waals surface area contributed by atoms with E-state index in [1.807, 2.05) is 0 Å². The van der Waals surface area contributed by atoms with E-state index in [1.54, 1.807) is 6.07 Å². The summed E-state index contributed by atoms with van der Waals surface area (Å²) in [5.74, 6) is -0.569. The minimum atomic E-state index is -0.551. The largest absolute Gasteiger partial charge is 0.286 e. The van der Waals surface area contributed by atoms with Gasteiger partial charge in [0, 0.05) is 40.6 Å². The predicted octanol–water partition coefficient (Wildman–Crippen LogP) is 4.13. The molecule has 0 bridgehead atoms. The van der Waals surface area contributed by atoms with Gasteiger partial charge < -0.3 is 0 Å². The molecular formula is C17H13ClFN3O3S. The van der Waals surface area contributed by atoms with Crippen LogP contribution in [0.5, 0.6) is 0 Å². The highest BCUT2D eigenvalue weighted by molar-refractivity contribution is 8.13. The maximum Gasteiger partial charge on any atom is 0.270 e. The van der Waals surface area contributed by atoms with Crippen molar-refractivity contribution in [2.24, 2.45) is 4.99 Å². The predicted molar refractivity (Wildman–Crippen MR) is 99.1 cm³/mol. The van der Waals surface area contributed by atoms with Crippen molar-refractivity contribution in [2.75, 3.05) is 13.1 Å². The van der Waals surface area contributed by atoms with Gasteiger partial charge >= 0.3 is 0 Å². The molecule has 2 aromatic carbocycles. The van der Waals surface area contributed by atoms with E-state index in [0.717, 1.165) is 0 Å². The lowest BCUT2D eigenvalue weighted by Crippen LogP contribution is -2.32. The van der Waals surface area contributed by atoms with Crippen LogP contribution in [0.1, 0.15) is 15.9 Å². The Kier molecular flexibility index (Phi) is 5.53. The van der Waals surface area contributed by atoms with Gasteiger partial charge in [0.15, 0.2) is 5.17 Å². The average molecular weight is 394 g/mol. The van der Waals surface area contributed by atoms with Crippen LogP contribution in [0, 0.1) is 15.9 Å². The van der Waals surface area contributed by atoms with Gasteiger partial charge in [0.2, 0.25) is 0 Å². The Morgan fingerprint density at radius 1 is 1.35 bits per heavy atom. The lowest BCUT2D eigenvalue weighted by atomic mass is 10.2. The third-order valence-electron chi connectivity index (χ3n) is 3.76. The van der Waals surface area contributed by atoms with Crippen LogP contribution >= 0.6 is 23.4 Å². The molecular weight excluding hydrogens is 381 g/mol. The van der Waals surface area contributed by atoms with E-state index in [2.05, 4.69) is 4.99 Å². The number of hydrogen-bond donors (Lipinski definition) is 0. The van der Waals surface area contributed by atoms with Crippen LogP contribution in [0.3, 0.4) is 0 Å². The van der Waals surface area contributed by atoms with Crippen molar-refractivity contribution in [2.45, 2.75) is 5.75 Å². The highest BCUT2D eigenvalue weighted by atomic mass is 35.5. The van der Waals surface area contributed by atoms with Gasteiger partial charge in [-0.3, -0.25) is 24.8 Å². The standard InChI is InChI=1S/C17H13ClFN3O3S/c18-14-5-2-6-15(19)13(14)10-26-17-20-7-8-21(17)16(23)11-3-1-4-12(9-11)22(24)25/h1-6,9H,7-8,10H2. The van der Waals surface area contributed by atoms with Gasteiger partial charge in [0.1, 0.15) is 5.82 Å². The molecule has 1 heterocycles. The van der Waals surface area contributed by atoms with E-state index >= 15 is 0 Å². The van der Waals surface area contributed by atoms with E-state index in [4.69, 9.17) is 11.6 Å². The molecule has 1 aliphatic rings. The zero-order valence-electron chi connectivity index (χ0n) is 13.4. The van der Waals surface area contributed by atoms with Crippen LogP contribution in [0.2, 0.25) is 5.02 Å². The van der Waals surface area contributed by atoms with Crippen molar-refractivity contribution < 1.29 is 14.1 Å². The highest BCUT2D eigenvalue weighted by Crippen LogP contribution is 2.27. The van der Waals surface area contributed by atoms with Gasteiger partial charge in [-0.2, -0.15) is 0 Å². The molecule has 134 valence electrons. The minimum Gasteiger partial charge on any atom is -0.286 e. The Morgan fingerprint density at radius 2 is 2.12 bits per heavy atom. The number of carbonyl (C=O) groups excluding carboxylic acids is 1. The zero-order valence-corrected chi connectivity index (χ0v) is 15.0. The number of thioether (sulfide) groups is 1. The summed E-state index contributed by atoms with van der Waals surface area (Å²) in [6, 6.07) is 9.99. The molecule has 0 spiro atoms. The van der Waals surface area contributed by atoms with Crippen molar-refractivity contribution in [1.29, 1.82) is 0 Å². The van der Waals surface area contributed by atoms with E-state index < -0.39 is 10.7 Å². The first-order valence-electron chi connectivity index (χ1n) is 7.64. The SMILES string of the molecule is O=C(c1cccc([N+](=O)[O-])c1)N1CCN=C1SCc1c(F)cccc1Cl. The average Bonchev–Trinajstić information content (AvgIpc) is 3.09. The molecule has 0 saturated carbocycles. The number of aliphatic imine (C=N–C) groups is 1. The second-order valence-corrected chi connectivity index (χ2v) is 6.77. The molecule has 0 fully saturated rings. The van der Waals surface area contributed by atoms with Crippen LogP contribution in [-0.4, -0.2) is 34.0 Å². The van der Waals surface area contributed by atoms with Crippen molar-refractivity contribution in [3.63, 3.8) is 0 Å². The Bertz CT molecular complexity index is 886. The Morgan fingerprint density at radius 3 is 2.85 bits per heavy atom. The fourth-order valence-corrected chi connectivity index (χ4v) is 3.84. The second-order valence-electron chi connectivity index (χ2n) is 5.42. The molecule has 0 N–H and O–H groups in total. The lowest BCUT2D eigenvalue weighted by Gasteiger charge is -2.18. The summed E-state index contributed by atoms with van der Waals surface area (Å²) < 4.78 is 13.9. The summed E-state index contributed by atoms with van der Waals surface area (Å²) in [5, 5.41) is 11.6. The van der Waals surface area contributed by atoms with Crippen molar-refractivity contribution in [1.82, 2.24) is 4.90 Å². The molecule has 0 aromatic heterocycles. The van der Waals surface area contributed by atoms with Gasteiger partial charge in [-0.05, 0) is 18.2 Å². The summed E-state index contributed by atoms with van der Waals surface area (Å²) >= 11 is 7.22. The third kappa shape index (κ3) is 3.86. The number of halogens is 2. The number of amidine groups is 1. The van der Waals surface area contributed by atoms with E-state index in [1.165, 1.54) is 53.1 Å². The van der Waals surface area contributed by atoms with Gasteiger partial charge in [-0.15, -0.1) is 0 Å². The molecule has 0 atom stereocenters. The van der Waals surface area contributed by atoms with Crippen molar-refractivity contribution in [3.05, 3.63) is 74.5 Å². The molecule has 0 saturated heterocycles. The molecule has 1 amide bonds. The summed E-state index contributed by atoms with van der Waals surface area (Å²) in [7, 11) is 0. The molecule has 0 unspecified atom stereocenters. The fourth-order valence-electron chi connectivity index (χ4n) is 2.45. The highest BCUT2D eigenvalue weighted by Gasteiger charge is 2.26. The van der Waals surface area contributed by atoms with Gasteiger partial charge in [0.05, 0.1) is 11.5 Å². The third-order valence-corrected chi connectivity index (χ3v) is 5.15. The number of carbonyl (C=O) groups is 1. The molecule has 2 aromatic rings. The molecule has 0 aliphatic carbocycles. The van der Waals surface area contributed by atoms with Crippen LogP contribution in [-0.2, 0) is 5.75 Å². The number of rotatable bonds is 4. The van der Waals surface area contributed by atoms with Crippen molar-refractivity contribution in [3.8, 4) is 0 Å². The first kappa shape index (κ1) is 18.3. The van der Waals surface area contributed by atoms with Crippen molar-refractivity contribution >= 4 is 40.1 Å². The van der Waals surface area contributed by atoms with Crippen LogP contribution in [0.4, 0.5) is 10.1 Å². The molecule has 3 rings (SSSR count). The quantitative estimate of drug-likeness (QED) is 0.578. The van der Waals surface area contributed by atoms with Crippen LogP contribution in [0.15, 0.2) is 47.5 Å². The molecule has 9 heteroatoms. The maximum absolute atomic E-state index is 13.9. The summed E-state index contributed by atoms with van der Waals surface area (Å²) in [5.41, 5.74) is 0.397. The monoisotopic (exact) mass is 393 g/mol. The van der Waals surface area contributed by atoms with Gasteiger partial charge in [-0.1, -0.05) is 35.5 Å². The first-order chi connectivity index (χ1) is 12.5. The summed E-state index contributed by atoms with van der Waals surface area (Å²) in [6.07, 6.45) is 0. The van der Waals surface area contributed by atoms with E-state index in [0.29, 0.717) is 28.8 Å². The van der Waals surface area contributed by atoms with Gasteiger partial charge in [0.25, 0.3) is 11.6 Å². The number of hydrogen-bond acceptors (Lipinski definition) is 5. The van der Waals surface area contributed by atoms with E-state index in [-0.39, 0.29) is 22.9 Å². The molecule has 1 aliphatic heterocycles. The van der Waals surface area contributed by atoms with Gasteiger partial charge in [-0.25, -0.2) is 4.39 Å². The Labute approximate surface area is 157 Å². The maximum atomic E-state index is 13.9. The number of benzene rings is 2. The molecule has 26 heavy (non-hydrogen) atoms. The topological polar surface area (TPSA) is 75.8 Å². The smallest absolute Gasteiger partial charge is 0.270 e. The zero-order chi connectivity index (χ0) is 18.7. The fraction of sp³-hybridized carbons (Fsp3) is 0.176. The number of amides is 1. The summed E-state index contributed by atoms with van der Waals surface area (Å²) in [4.78, 5) is 28.7. The molecule has 6 nitrogen and oxygen atoms in total. The Balaban J connectivity index is 1.75. The number of non-ortho nitro benzene ring substituents is 1. The number of nitro groups is 1. The first-order valence-corrected chi connectivity index (χ1v) is 9.00. The second kappa shape index (κ2) is 7.84. The van der Waals surface area contributed by atoms with E-state index in [9.17, 15) is 19.3 Å². The number of nitrogens with zero attached hydrogens (tertiary/aromatic N) is 3. The lowest BCUT2D eigenvalue weighted by molar-refractivity contribution is -0.384.